The quantitative estimate of drug-likeness (QED) is 0.251. The van der Waals surface area contributed by atoms with E-state index in [-0.39, 0.29) is 52.1 Å². The number of hydrogen-bond donors (Lipinski definition) is 0. The molecule has 4 aromatic carbocycles. The molecular weight excluding hydrogens is 469 g/mol. The van der Waals surface area contributed by atoms with Crippen molar-refractivity contribution in [3.63, 3.8) is 0 Å². The van der Waals surface area contributed by atoms with Gasteiger partial charge < -0.3 is 30.5 Å². The molecule has 0 atom stereocenters. The Kier molecular flexibility index (Phi) is 10.1. The van der Waals surface area contributed by atoms with Gasteiger partial charge in [0.25, 0.3) is 0 Å². The molecule has 0 spiro atoms. The van der Waals surface area contributed by atoms with Crippen LogP contribution in [0.15, 0.2) is 78.9 Å². The molecule has 1 nitrogen and oxygen atoms in total. The molecule has 32 heavy (non-hydrogen) atoms. The molecule has 0 heterocycles. The molecule has 4 heteroatoms. The number of halogens is 2. The van der Waals surface area contributed by atoms with Gasteiger partial charge in [0.1, 0.15) is 0 Å². The molecule has 0 aromatic heterocycles. The molecule has 1 N–H and O–H groups in total. The monoisotopic (exact) mass is 495 g/mol. The number of nitrogens with one attached hydrogen (secondary N) is 1. The minimum absolute atomic E-state index is 0. The van der Waals surface area contributed by atoms with Gasteiger partial charge in [-0.25, -0.2) is 0 Å². The van der Waals surface area contributed by atoms with Gasteiger partial charge in [0.2, 0.25) is 0 Å². The maximum atomic E-state index is 6.94. The largest absolute Gasteiger partial charge is 2.00 e. The number of rotatable bonds is 1. The fourth-order valence-electron chi connectivity index (χ4n) is 4.00. The van der Waals surface area contributed by atoms with E-state index in [0.717, 1.165) is 12.0 Å². The Morgan fingerprint density at radius 3 is 1.91 bits per heavy atom. The van der Waals surface area contributed by atoms with Crippen LogP contribution in [0.2, 0.25) is 0 Å². The fourth-order valence-corrected chi connectivity index (χ4v) is 4.00. The Hall–Kier alpha value is -1.74. The summed E-state index contributed by atoms with van der Waals surface area (Å²) in [7, 11) is 0. The molecule has 4 aromatic rings. The van der Waals surface area contributed by atoms with E-state index in [0.29, 0.717) is 0 Å². The van der Waals surface area contributed by atoms with E-state index in [1.807, 2.05) is 20.8 Å². The second-order valence-corrected chi connectivity index (χ2v) is 8.73. The summed E-state index contributed by atoms with van der Waals surface area (Å²) < 4.78 is 0. The summed E-state index contributed by atoms with van der Waals surface area (Å²) in [5, 5.41) is 2.49. The Morgan fingerprint density at radius 2 is 1.22 bits per heavy atom. The average Bonchev–Trinajstić information content (AvgIpc) is 3.06. The summed E-state index contributed by atoms with van der Waals surface area (Å²) in [5.74, 6) is 0. The third-order valence-electron chi connectivity index (χ3n) is 5.18. The van der Waals surface area contributed by atoms with E-state index in [1.54, 1.807) is 0 Å². The first-order chi connectivity index (χ1) is 13.8. The summed E-state index contributed by atoms with van der Waals surface area (Å²) in [6.07, 6.45) is 1.01. The second-order valence-electron chi connectivity index (χ2n) is 8.73. The molecule has 0 unspecified atom stereocenters. The first kappa shape index (κ1) is 28.3. The van der Waals surface area contributed by atoms with Gasteiger partial charge in [-0.15, -0.1) is 28.6 Å². The number of hydrogen-bond acceptors (Lipinski definition) is 0. The molecule has 0 radical (unpaired) electrons. The minimum atomic E-state index is -0.250. The van der Waals surface area contributed by atoms with Gasteiger partial charge in [-0.05, 0) is 28.7 Å². The van der Waals surface area contributed by atoms with Crippen LogP contribution in [-0.4, -0.2) is 5.54 Å². The van der Waals surface area contributed by atoms with Crippen molar-refractivity contribution in [2.45, 2.75) is 32.7 Å². The molecule has 1 aliphatic rings. The SMILES string of the molecule is CC(C)(C)[NH-].[CH2-]c1c(-c2cccc3c2Cc2ccccc2-3)ccc2ccccc12.[Cl-].[Cl-].[Ti+2]. The topological polar surface area (TPSA) is 23.8 Å². The van der Waals surface area contributed by atoms with Crippen molar-refractivity contribution in [3.8, 4) is 22.3 Å². The second kappa shape index (κ2) is 11.4. The summed E-state index contributed by atoms with van der Waals surface area (Å²) >= 11 is 0. The van der Waals surface area contributed by atoms with Gasteiger partial charge in [-0.3, -0.25) is 0 Å². The van der Waals surface area contributed by atoms with Crippen molar-refractivity contribution in [2.24, 2.45) is 0 Å². The van der Waals surface area contributed by atoms with Crippen molar-refractivity contribution in [3.05, 3.63) is 108 Å². The summed E-state index contributed by atoms with van der Waals surface area (Å²) in [6, 6.07) is 28.3. The summed E-state index contributed by atoms with van der Waals surface area (Å²) in [6.45, 7) is 9.96. The van der Waals surface area contributed by atoms with E-state index in [4.69, 9.17) is 5.73 Å². The molecule has 0 fully saturated rings. The molecule has 5 rings (SSSR count). The van der Waals surface area contributed by atoms with Crippen molar-refractivity contribution < 1.29 is 46.5 Å². The molecule has 0 saturated carbocycles. The van der Waals surface area contributed by atoms with Gasteiger partial charge in [-0.2, -0.15) is 12.5 Å². The first-order valence-corrected chi connectivity index (χ1v) is 10.1. The van der Waals surface area contributed by atoms with E-state index in [2.05, 4.69) is 85.8 Å². The zero-order valence-electron chi connectivity index (χ0n) is 18.7. The van der Waals surface area contributed by atoms with Crippen LogP contribution in [0.5, 0.6) is 0 Å². The Bertz CT molecular complexity index is 1190. The molecule has 164 valence electrons. The van der Waals surface area contributed by atoms with Gasteiger partial charge in [0, 0.05) is 0 Å². The van der Waals surface area contributed by atoms with Crippen LogP contribution in [0.1, 0.15) is 37.5 Å². The Labute approximate surface area is 219 Å². The van der Waals surface area contributed by atoms with E-state index >= 15 is 0 Å². The average molecular weight is 496 g/mol. The molecule has 1 aliphatic carbocycles. The van der Waals surface area contributed by atoms with Crippen LogP contribution in [0.3, 0.4) is 0 Å². The molecule has 0 bridgehead atoms. The summed E-state index contributed by atoms with van der Waals surface area (Å²) in [5.41, 5.74) is 16.0. The fraction of sp³-hybridized carbons (Fsp3) is 0.179. The van der Waals surface area contributed by atoms with Crippen molar-refractivity contribution in [1.82, 2.24) is 0 Å². The van der Waals surface area contributed by atoms with Crippen LogP contribution < -0.4 is 24.8 Å². The number of benzene rings is 4. The van der Waals surface area contributed by atoms with Gasteiger partial charge in [-0.1, -0.05) is 98.5 Å². The zero-order valence-corrected chi connectivity index (χ0v) is 21.7. The summed E-state index contributed by atoms with van der Waals surface area (Å²) in [4.78, 5) is 0. The normalized spacial score (nSPS) is 11.0. The Morgan fingerprint density at radius 1 is 0.688 bits per heavy atom. The molecule has 0 saturated heterocycles. The third-order valence-corrected chi connectivity index (χ3v) is 5.18. The molecule has 0 aliphatic heterocycles. The van der Waals surface area contributed by atoms with E-state index in [9.17, 15) is 0 Å². The van der Waals surface area contributed by atoms with Gasteiger partial charge in [0.05, 0.1) is 0 Å². The van der Waals surface area contributed by atoms with Crippen LogP contribution >= 0.6 is 0 Å². The smallest absolute Gasteiger partial charge is 1.00 e. The standard InChI is InChI=1S/C24H17.C4H10N.2ClH.Ti/c1-16-19-9-4-2-7-17(19)13-14-20(16)22-11-6-12-23-21-10-5-3-8-18(21)15-24(22)23;1-4(2,3)5;;;/h2-14H,1,15H2;5H,1-3H3;2*1H;/q2*-1;;;+2/p-2. The molecular formula is C28H27Cl2NTi-2. The van der Waals surface area contributed by atoms with Gasteiger partial charge in [0.15, 0.2) is 0 Å². The van der Waals surface area contributed by atoms with E-state index in [1.165, 1.54) is 44.2 Å². The van der Waals surface area contributed by atoms with Crippen molar-refractivity contribution in [1.29, 1.82) is 0 Å². The zero-order chi connectivity index (χ0) is 20.6. The predicted molar refractivity (Wildman–Crippen MR) is 126 cm³/mol. The van der Waals surface area contributed by atoms with Crippen LogP contribution in [0.25, 0.3) is 38.8 Å². The van der Waals surface area contributed by atoms with Crippen LogP contribution in [0.4, 0.5) is 0 Å². The third kappa shape index (κ3) is 5.98. The van der Waals surface area contributed by atoms with Crippen molar-refractivity contribution in [2.75, 3.05) is 0 Å². The first-order valence-electron chi connectivity index (χ1n) is 10.1. The van der Waals surface area contributed by atoms with Crippen LogP contribution in [-0.2, 0) is 28.1 Å². The maximum absolute atomic E-state index is 6.94. The van der Waals surface area contributed by atoms with Gasteiger partial charge >= 0.3 is 21.7 Å². The Balaban J connectivity index is 0.000000584. The number of fused-ring (bicyclic) bond motifs is 4. The van der Waals surface area contributed by atoms with Crippen LogP contribution in [0, 0.1) is 6.92 Å². The van der Waals surface area contributed by atoms with E-state index < -0.39 is 0 Å². The van der Waals surface area contributed by atoms with Crippen molar-refractivity contribution >= 4 is 10.8 Å². The minimum Gasteiger partial charge on any atom is -1.00 e. The predicted octanol–water partition coefficient (Wildman–Crippen LogP) is 2.10. The molecule has 0 amide bonds. The maximum Gasteiger partial charge on any atom is 2.00 e.